The van der Waals surface area contributed by atoms with Crippen LogP contribution in [-0.2, 0) is 14.8 Å². The molecule has 0 saturated carbocycles. The van der Waals surface area contributed by atoms with Gasteiger partial charge in [-0.15, -0.1) is 11.3 Å². The van der Waals surface area contributed by atoms with Crippen LogP contribution in [0.15, 0.2) is 15.7 Å². The second-order valence-corrected chi connectivity index (χ2v) is 6.06. The average molecular weight is 278 g/mol. The average Bonchev–Trinajstić information content (AvgIpc) is 2.65. The van der Waals surface area contributed by atoms with Crippen LogP contribution in [0.5, 0.6) is 0 Å². The van der Waals surface area contributed by atoms with Gasteiger partial charge < -0.3 is 10.8 Å². The number of hydrogen-bond acceptors (Lipinski definition) is 5. The van der Waals surface area contributed by atoms with Crippen molar-refractivity contribution in [3.8, 4) is 0 Å². The predicted octanol–water partition coefficient (Wildman–Crippen LogP) is -0.402. The second-order valence-electron chi connectivity index (χ2n) is 3.20. The van der Waals surface area contributed by atoms with Crippen molar-refractivity contribution in [2.75, 3.05) is 0 Å². The summed E-state index contributed by atoms with van der Waals surface area (Å²) in [6.45, 7) is 1.30. The molecule has 9 heteroatoms. The van der Waals surface area contributed by atoms with Crippen molar-refractivity contribution in [3.05, 3.63) is 17.0 Å². The van der Waals surface area contributed by atoms with Gasteiger partial charge in [0.05, 0.1) is 11.6 Å². The molecular weight excluding hydrogens is 268 g/mol. The Hall–Kier alpha value is -1.45. The van der Waals surface area contributed by atoms with E-state index in [0.29, 0.717) is 0 Å². The van der Waals surface area contributed by atoms with Gasteiger partial charge in [0.2, 0.25) is 5.91 Å². The first-order valence-electron chi connectivity index (χ1n) is 4.37. The smallest absolute Gasteiger partial charge is 0.336 e. The van der Waals surface area contributed by atoms with Crippen LogP contribution >= 0.6 is 11.3 Å². The van der Waals surface area contributed by atoms with E-state index in [0.717, 1.165) is 17.4 Å². The molecule has 4 N–H and O–H groups in total. The molecule has 0 bridgehead atoms. The van der Waals surface area contributed by atoms with E-state index in [9.17, 15) is 18.0 Å². The van der Waals surface area contributed by atoms with E-state index in [-0.39, 0.29) is 9.77 Å². The Labute approximate surface area is 101 Å². The first-order chi connectivity index (χ1) is 7.74. The van der Waals surface area contributed by atoms with E-state index in [2.05, 4.69) is 0 Å². The Morgan fingerprint density at radius 1 is 1.53 bits per heavy atom. The van der Waals surface area contributed by atoms with Gasteiger partial charge in [-0.25, -0.2) is 13.2 Å². The van der Waals surface area contributed by atoms with Crippen molar-refractivity contribution < 1.29 is 23.1 Å². The molecule has 0 spiro atoms. The molecule has 1 atom stereocenters. The molecule has 0 radical (unpaired) electrons. The number of sulfonamides is 1. The molecule has 1 aromatic rings. The van der Waals surface area contributed by atoms with Crippen molar-refractivity contribution in [1.29, 1.82) is 0 Å². The third kappa shape index (κ3) is 3.25. The van der Waals surface area contributed by atoms with Crippen LogP contribution < -0.4 is 10.5 Å². The molecule has 1 aromatic heterocycles. The fourth-order valence-corrected chi connectivity index (χ4v) is 3.30. The Bertz CT molecular complexity index is 548. The standard InChI is InChI=1S/C8H10N2O5S2/c1-4(7(9)11)10-17(14,15)6-2-5(3-16-6)8(12)13/h2-4,10H,1H3,(H2,9,11)(H,12,13). The van der Waals surface area contributed by atoms with Crippen molar-refractivity contribution in [2.45, 2.75) is 17.2 Å². The van der Waals surface area contributed by atoms with Gasteiger partial charge in [-0.2, -0.15) is 4.72 Å². The highest BCUT2D eigenvalue weighted by atomic mass is 32.2. The zero-order valence-electron chi connectivity index (χ0n) is 8.71. The third-order valence-electron chi connectivity index (χ3n) is 1.85. The molecule has 7 nitrogen and oxygen atoms in total. The summed E-state index contributed by atoms with van der Waals surface area (Å²) in [5.74, 6) is -2.03. The number of hydrogen-bond donors (Lipinski definition) is 3. The van der Waals surface area contributed by atoms with Gasteiger partial charge in [0, 0.05) is 5.38 Å². The molecule has 1 heterocycles. The van der Waals surface area contributed by atoms with Gasteiger partial charge in [-0.05, 0) is 13.0 Å². The predicted molar refractivity (Wildman–Crippen MR) is 60.3 cm³/mol. The summed E-state index contributed by atoms with van der Waals surface area (Å²) >= 11 is 0.755. The third-order valence-corrected chi connectivity index (χ3v) is 4.83. The molecule has 0 aliphatic rings. The minimum absolute atomic E-state index is 0.123. The van der Waals surface area contributed by atoms with Crippen LogP contribution in [0.1, 0.15) is 17.3 Å². The van der Waals surface area contributed by atoms with Gasteiger partial charge in [-0.3, -0.25) is 4.79 Å². The maximum Gasteiger partial charge on any atom is 0.336 e. The van der Waals surface area contributed by atoms with Crippen LogP contribution in [0.2, 0.25) is 0 Å². The quantitative estimate of drug-likeness (QED) is 0.675. The zero-order valence-corrected chi connectivity index (χ0v) is 10.3. The first-order valence-corrected chi connectivity index (χ1v) is 6.74. The number of primary amides is 1. The molecule has 0 saturated heterocycles. The summed E-state index contributed by atoms with van der Waals surface area (Å²) in [4.78, 5) is 21.3. The molecule has 17 heavy (non-hydrogen) atoms. The van der Waals surface area contributed by atoms with Crippen molar-refractivity contribution in [2.24, 2.45) is 5.73 Å². The maximum absolute atomic E-state index is 11.7. The summed E-state index contributed by atoms with van der Waals surface area (Å²) in [6.07, 6.45) is 0. The largest absolute Gasteiger partial charge is 0.478 e. The number of nitrogens with two attached hydrogens (primary N) is 1. The number of carboxylic acid groups (broad SMARTS) is 1. The minimum atomic E-state index is -3.91. The number of rotatable bonds is 5. The van der Waals surface area contributed by atoms with Gasteiger partial charge in [-0.1, -0.05) is 0 Å². The van der Waals surface area contributed by atoms with E-state index in [4.69, 9.17) is 10.8 Å². The Kier molecular flexibility index (Phi) is 3.86. The fourth-order valence-electron chi connectivity index (χ4n) is 0.919. The highest BCUT2D eigenvalue weighted by Gasteiger charge is 2.23. The molecule has 1 amide bonds. The normalized spacial score (nSPS) is 13.2. The Balaban J connectivity index is 2.97. The van der Waals surface area contributed by atoms with Gasteiger partial charge in [0.15, 0.2) is 0 Å². The van der Waals surface area contributed by atoms with Crippen LogP contribution in [0.25, 0.3) is 0 Å². The van der Waals surface area contributed by atoms with Crippen LogP contribution in [-0.4, -0.2) is 31.4 Å². The van der Waals surface area contributed by atoms with Gasteiger partial charge >= 0.3 is 5.97 Å². The summed E-state index contributed by atoms with van der Waals surface area (Å²) < 4.78 is 25.2. The summed E-state index contributed by atoms with van der Waals surface area (Å²) in [5.41, 5.74) is 4.80. The molecule has 94 valence electrons. The fraction of sp³-hybridized carbons (Fsp3) is 0.250. The van der Waals surface area contributed by atoms with E-state index in [1.54, 1.807) is 0 Å². The van der Waals surface area contributed by atoms with E-state index < -0.39 is 27.9 Å². The summed E-state index contributed by atoms with van der Waals surface area (Å²) in [7, 11) is -3.91. The van der Waals surface area contributed by atoms with Crippen LogP contribution in [0.4, 0.5) is 0 Å². The molecule has 1 unspecified atom stereocenters. The Morgan fingerprint density at radius 3 is 2.53 bits per heavy atom. The SMILES string of the molecule is CC(NS(=O)(=O)c1cc(C(=O)O)cs1)C(N)=O. The summed E-state index contributed by atoms with van der Waals surface area (Å²) in [6, 6.07) is -0.0429. The van der Waals surface area contributed by atoms with Gasteiger partial charge in [0.1, 0.15) is 4.21 Å². The van der Waals surface area contributed by atoms with Crippen molar-refractivity contribution in [1.82, 2.24) is 4.72 Å². The number of amides is 1. The number of aromatic carboxylic acids is 1. The molecule has 0 aliphatic heterocycles. The molecule has 1 rings (SSSR count). The first kappa shape index (κ1) is 13.6. The van der Waals surface area contributed by atoms with E-state index in [1.165, 1.54) is 12.3 Å². The molecule has 0 aliphatic carbocycles. The lowest BCUT2D eigenvalue weighted by Crippen LogP contribution is -2.41. The molecular formula is C8H10N2O5S2. The van der Waals surface area contributed by atoms with E-state index >= 15 is 0 Å². The number of thiophene rings is 1. The highest BCUT2D eigenvalue weighted by molar-refractivity contribution is 7.91. The number of carbonyl (C=O) groups is 2. The number of nitrogens with one attached hydrogen (secondary N) is 1. The second kappa shape index (κ2) is 4.82. The monoisotopic (exact) mass is 278 g/mol. The maximum atomic E-state index is 11.7. The zero-order chi connectivity index (χ0) is 13.2. The highest BCUT2D eigenvalue weighted by Crippen LogP contribution is 2.20. The van der Waals surface area contributed by atoms with E-state index in [1.807, 2.05) is 4.72 Å². The van der Waals surface area contributed by atoms with Crippen LogP contribution in [0.3, 0.4) is 0 Å². The van der Waals surface area contributed by atoms with Crippen molar-refractivity contribution in [3.63, 3.8) is 0 Å². The topological polar surface area (TPSA) is 127 Å². The minimum Gasteiger partial charge on any atom is -0.478 e. The molecule has 0 fully saturated rings. The molecule has 0 aromatic carbocycles. The summed E-state index contributed by atoms with van der Waals surface area (Å²) in [5, 5.41) is 9.85. The van der Waals surface area contributed by atoms with Crippen LogP contribution in [0, 0.1) is 0 Å². The Morgan fingerprint density at radius 2 is 2.12 bits per heavy atom. The number of carbonyl (C=O) groups excluding carboxylic acids is 1. The lowest BCUT2D eigenvalue weighted by Gasteiger charge is -2.08. The lowest BCUT2D eigenvalue weighted by atomic mass is 10.4. The van der Waals surface area contributed by atoms with Gasteiger partial charge in [0.25, 0.3) is 10.0 Å². The number of carboxylic acids is 1. The lowest BCUT2D eigenvalue weighted by molar-refractivity contribution is -0.119. The van der Waals surface area contributed by atoms with Crippen molar-refractivity contribution >= 4 is 33.2 Å².